The summed E-state index contributed by atoms with van der Waals surface area (Å²) in [5, 5.41) is 0. The van der Waals surface area contributed by atoms with E-state index >= 15 is 0 Å². The van der Waals surface area contributed by atoms with Crippen LogP contribution in [0.3, 0.4) is 0 Å². The minimum Gasteiger partial charge on any atom is -0.477 e. The third kappa shape index (κ3) is 2.66. The third-order valence-corrected chi connectivity index (χ3v) is 3.47. The molecule has 1 aliphatic heterocycles. The Labute approximate surface area is 116 Å². The molecule has 1 aromatic rings. The Hall–Kier alpha value is -1.75. The first kappa shape index (κ1) is 13.7. The zero-order chi connectivity index (χ0) is 14.0. The molecule has 102 valence electrons. The molecule has 1 aliphatic rings. The number of carbonyl (C=O) groups excluding carboxylic acids is 2. The van der Waals surface area contributed by atoms with Crippen LogP contribution in [0.2, 0.25) is 0 Å². The fourth-order valence-electron chi connectivity index (χ4n) is 1.92. The molecule has 1 heterocycles. The van der Waals surface area contributed by atoms with Crippen LogP contribution in [0.1, 0.15) is 6.92 Å². The van der Waals surface area contributed by atoms with Crippen LogP contribution in [0.15, 0.2) is 24.3 Å². The standard InChI is InChI=1S/C13H15ClN2O3/c1-8(6-14)13(18)16-7-11(12(15)17)19-10-5-3-2-4-9(10)16/h2-5,8,11H,6-7H2,1H3,(H2,15,17). The van der Waals surface area contributed by atoms with E-state index in [9.17, 15) is 9.59 Å². The third-order valence-electron chi connectivity index (χ3n) is 3.01. The van der Waals surface area contributed by atoms with E-state index < -0.39 is 12.0 Å². The molecule has 2 atom stereocenters. The smallest absolute Gasteiger partial charge is 0.260 e. The summed E-state index contributed by atoms with van der Waals surface area (Å²) in [5.74, 6) is -0.364. The summed E-state index contributed by atoms with van der Waals surface area (Å²) in [4.78, 5) is 25.1. The number of alkyl halides is 1. The summed E-state index contributed by atoms with van der Waals surface area (Å²) in [6.45, 7) is 1.86. The van der Waals surface area contributed by atoms with Gasteiger partial charge in [0.1, 0.15) is 5.75 Å². The summed E-state index contributed by atoms with van der Waals surface area (Å²) < 4.78 is 5.49. The molecule has 0 aromatic heterocycles. The summed E-state index contributed by atoms with van der Waals surface area (Å²) >= 11 is 5.72. The van der Waals surface area contributed by atoms with E-state index in [2.05, 4.69) is 0 Å². The number of anilines is 1. The number of hydrogen-bond acceptors (Lipinski definition) is 3. The van der Waals surface area contributed by atoms with Crippen molar-refractivity contribution in [3.05, 3.63) is 24.3 Å². The molecule has 0 aliphatic carbocycles. The Balaban J connectivity index is 2.36. The largest absolute Gasteiger partial charge is 0.477 e. The first-order valence-corrected chi connectivity index (χ1v) is 6.50. The van der Waals surface area contributed by atoms with Gasteiger partial charge in [-0.15, -0.1) is 11.6 Å². The highest BCUT2D eigenvalue weighted by molar-refractivity contribution is 6.19. The number of ether oxygens (including phenoxy) is 1. The van der Waals surface area contributed by atoms with Crippen molar-refractivity contribution in [2.24, 2.45) is 11.7 Å². The minimum atomic E-state index is -0.832. The topological polar surface area (TPSA) is 72.6 Å². The van der Waals surface area contributed by atoms with Crippen molar-refractivity contribution in [3.63, 3.8) is 0 Å². The summed E-state index contributed by atoms with van der Waals surface area (Å²) in [7, 11) is 0. The Morgan fingerprint density at radius 3 is 2.84 bits per heavy atom. The van der Waals surface area contributed by atoms with E-state index in [0.717, 1.165) is 0 Å². The first-order chi connectivity index (χ1) is 9.04. The average molecular weight is 283 g/mol. The summed E-state index contributed by atoms with van der Waals surface area (Å²) in [6.07, 6.45) is -0.832. The zero-order valence-corrected chi connectivity index (χ0v) is 11.3. The number of primary amides is 1. The lowest BCUT2D eigenvalue weighted by molar-refractivity contribution is -0.126. The molecule has 2 rings (SSSR count). The lowest BCUT2D eigenvalue weighted by atomic mass is 10.1. The van der Waals surface area contributed by atoms with E-state index in [0.29, 0.717) is 11.4 Å². The van der Waals surface area contributed by atoms with Gasteiger partial charge in [-0.2, -0.15) is 0 Å². The second-order valence-electron chi connectivity index (χ2n) is 4.48. The molecular weight excluding hydrogens is 268 g/mol. The van der Waals surface area contributed by atoms with Crippen LogP contribution in [0.25, 0.3) is 0 Å². The number of hydrogen-bond donors (Lipinski definition) is 1. The molecule has 2 unspecified atom stereocenters. The van der Waals surface area contributed by atoms with Gasteiger partial charge in [0.2, 0.25) is 5.91 Å². The fourth-order valence-corrected chi connectivity index (χ4v) is 2.06. The number of benzene rings is 1. The molecule has 0 bridgehead atoms. The van der Waals surface area contributed by atoms with Crippen molar-refractivity contribution in [1.82, 2.24) is 0 Å². The van der Waals surface area contributed by atoms with Crippen molar-refractivity contribution in [3.8, 4) is 5.75 Å². The quantitative estimate of drug-likeness (QED) is 0.845. The van der Waals surface area contributed by atoms with E-state index in [1.54, 1.807) is 31.2 Å². The molecule has 0 radical (unpaired) electrons. The highest BCUT2D eigenvalue weighted by atomic mass is 35.5. The molecule has 0 saturated carbocycles. The number of para-hydroxylation sites is 2. The first-order valence-electron chi connectivity index (χ1n) is 5.97. The van der Waals surface area contributed by atoms with Crippen LogP contribution < -0.4 is 15.4 Å². The number of nitrogens with two attached hydrogens (primary N) is 1. The van der Waals surface area contributed by atoms with Gasteiger partial charge in [-0.1, -0.05) is 19.1 Å². The van der Waals surface area contributed by atoms with Crippen molar-refractivity contribution in [1.29, 1.82) is 0 Å². The molecule has 5 nitrogen and oxygen atoms in total. The van der Waals surface area contributed by atoms with Gasteiger partial charge in [-0.3, -0.25) is 9.59 Å². The SMILES string of the molecule is CC(CCl)C(=O)N1CC(C(N)=O)Oc2ccccc21. The number of rotatable bonds is 3. The average Bonchev–Trinajstić information content (AvgIpc) is 2.44. The van der Waals surface area contributed by atoms with Crippen LogP contribution in [-0.4, -0.2) is 30.3 Å². The van der Waals surface area contributed by atoms with Crippen molar-refractivity contribution in [2.45, 2.75) is 13.0 Å². The Bertz CT molecular complexity index is 506. The molecule has 19 heavy (non-hydrogen) atoms. The number of amides is 2. The van der Waals surface area contributed by atoms with Gasteiger partial charge in [0, 0.05) is 11.8 Å². The Morgan fingerprint density at radius 2 is 2.21 bits per heavy atom. The van der Waals surface area contributed by atoms with Crippen molar-refractivity contribution < 1.29 is 14.3 Å². The van der Waals surface area contributed by atoms with Gasteiger partial charge < -0.3 is 15.4 Å². The van der Waals surface area contributed by atoms with Crippen molar-refractivity contribution in [2.75, 3.05) is 17.3 Å². The molecule has 0 fully saturated rings. The van der Waals surface area contributed by atoms with Crippen LogP contribution in [-0.2, 0) is 9.59 Å². The number of fused-ring (bicyclic) bond motifs is 1. The fraction of sp³-hybridized carbons (Fsp3) is 0.385. The maximum Gasteiger partial charge on any atom is 0.260 e. The van der Waals surface area contributed by atoms with Crippen molar-refractivity contribution >= 4 is 29.1 Å². The highest BCUT2D eigenvalue weighted by Crippen LogP contribution is 2.33. The van der Waals surface area contributed by atoms with Gasteiger partial charge in [-0.25, -0.2) is 0 Å². The van der Waals surface area contributed by atoms with Gasteiger partial charge in [0.25, 0.3) is 5.91 Å². The predicted octanol–water partition coefficient (Wildman–Crippen LogP) is 1.14. The molecule has 6 heteroatoms. The van der Waals surface area contributed by atoms with Gasteiger partial charge in [0.05, 0.1) is 12.2 Å². The Kier molecular flexibility index (Phi) is 3.95. The Morgan fingerprint density at radius 1 is 1.53 bits per heavy atom. The number of nitrogens with zero attached hydrogens (tertiary/aromatic N) is 1. The molecule has 2 N–H and O–H groups in total. The summed E-state index contributed by atoms with van der Waals surface area (Å²) in [5.41, 5.74) is 5.91. The number of halogens is 1. The lowest BCUT2D eigenvalue weighted by Crippen LogP contribution is -2.50. The highest BCUT2D eigenvalue weighted by Gasteiger charge is 2.33. The minimum absolute atomic E-state index is 0.117. The lowest BCUT2D eigenvalue weighted by Gasteiger charge is -2.34. The molecule has 1 aromatic carbocycles. The van der Waals surface area contributed by atoms with Crippen LogP contribution >= 0.6 is 11.6 Å². The van der Waals surface area contributed by atoms with Crippen LogP contribution in [0, 0.1) is 5.92 Å². The zero-order valence-electron chi connectivity index (χ0n) is 10.5. The maximum absolute atomic E-state index is 12.3. The van der Waals surface area contributed by atoms with Crippen LogP contribution in [0.4, 0.5) is 5.69 Å². The predicted molar refractivity (Wildman–Crippen MR) is 72.3 cm³/mol. The van der Waals surface area contributed by atoms with Gasteiger partial charge >= 0.3 is 0 Å². The normalized spacial score (nSPS) is 19.3. The molecular formula is C13H15ClN2O3. The van der Waals surface area contributed by atoms with E-state index in [4.69, 9.17) is 22.1 Å². The maximum atomic E-state index is 12.3. The van der Waals surface area contributed by atoms with Gasteiger partial charge in [-0.05, 0) is 12.1 Å². The van der Waals surface area contributed by atoms with E-state index in [-0.39, 0.29) is 24.2 Å². The summed E-state index contributed by atoms with van der Waals surface area (Å²) in [6, 6.07) is 7.05. The molecule has 2 amide bonds. The monoisotopic (exact) mass is 282 g/mol. The van der Waals surface area contributed by atoms with Gasteiger partial charge in [0.15, 0.2) is 6.10 Å². The van der Waals surface area contributed by atoms with E-state index in [1.165, 1.54) is 4.90 Å². The van der Waals surface area contributed by atoms with E-state index in [1.807, 2.05) is 0 Å². The second kappa shape index (κ2) is 5.48. The van der Waals surface area contributed by atoms with Crippen LogP contribution in [0.5, 0.6) is 5.75 Å². The second-order valence-corrected chi connectivity index (χ2v) is 4.79. The number of carbonyl (C=O) groups is 2. The molecule has 0 saturated heterocycles. The molecule has 0 spiro atoms.